The maximum Gasteiger partial charge on any atom is 0.254 e. The lowest BCUT2D eigenvalue weighted by Gasteiger charge is -2.19. The van der Waals surface area contributed by atoms with E-state index in [4.69, 9.17) is 11.5 Å². The van der Waals surface area contributed by atoms with Crippen molar-refractivity contribution in [1.29, 1.82) is 0 Å². The van der Waals surface area contributed by atoms with Crippen molar-refractivity contribution >= 4 is 33.7 Å². The minimum Gasteiger partial charge on any atom is -0.368 e. The molecule has 1 rings (SSSR count). The van der Waals surface area contributed by atoms with E-state index < -0.39 is 17.7 Å². The van der Waals surface area contributed by atoms with Gasteiger partial charge in [0.15, 0.2) is 0 Å². The van der Waals surface area contributed by atoms with E-state index in [0.29, 0.717) is 4.60 Å². The molecule has 7 nitrogen and oxygen atoms in total. The van der Waals surface area contributed by atoms with Crippen LogP contribution in [0.3, 0.4) is 0 Å². The van der Waals surface area contributed by atoms with E-state index >= 15 is 0 Å². The fraction of sp³-hybridized carbons (Fsp3) is 0.200. The predicted octanol–water partition coefficient (Wildman–Crippen LogP) is -0.743. The average Bonchev–Trinajstić information content (AvgIpc) is 2.26. The highest BCUT2D eigenvalue weighted by molar-refractivity contribution is 9.10. The smallest absolute Gasteiger partial charge is 0.254 e. The molecule has 0 bridgehead atoms. The molecule has 0 saturated heterocycles. The highest BCUT2D eigenvalue weighted by atomic mass is 79.9. The van der Waals surface area contributed by atoms with Crippen molar-refractivity contribution in [3.63, 3.8) is 0 Å². The van der Waals surface area contributed by atoms with Gasteiger partial charge in [-0.05, 0) is 28.1 Å². The quantitative estimate of drug-likeness (QED) is 0.695. The molecule has 0 atom stereocenters. The normalized spacial score (nSPS) is 9.83. The van der Waals surface area contributed by atoms with Gasteiger partial charge >= 0.3 is 0 Å². The fourth-order valence-electron chi connectivity index (χ4n) is 1.29. The number of halogens is 1. The summed E-state index contributed by atoms with van der Waals surface area (Å²) < 4.78 is 0.464. The van der Waals surface area contributed by atoms with Crippen molar-refractivity contribution in [3.8, 4) is 0 Å². The first-order valence-corrected chi connectivity index (χ1v) is 5.67. The van der Waals surface area contributed by atoms with Gasteiger partial charge in [0.25, 0.3) is 5.91 Å². The summed E-state index contributed by atoms with van der Waals surface area (Å²) in [5, 5.41) is 0. The number of carbonyl (C=O) groups is 3. The van der Waals surface area contributed by atoms with E-state index in [-0.39, 0.29) is 18.7 Å². The van der Waals surface area contributed by atoms with E-state index in [0.717, 1.165) is 4.90 Å². The lowest BCUT2D eigenvalue weighted by Crippen LogP contribution is -2.43. The standard InChI is InChI=1S/C10H11BrN4O3/c11-7-3-6(1-2-14-7)10(18)15(4-8(12)16)5-9(13)17/h1-3H,4-5H2,(H2,12,16)(H2,13,17). The Morgan fingerprint density at radius 1 is 1.22 bits per heavy atom. The van der Waals surface area contributed by atoms with E-state index in [1.54, 1.807) is 0 Å². The van der Waals surface area contributed by atoms with Crippen LogP contribution in [-0.2, 0) is 9.59 Å². The largest absolute Gasteiger partial charge is 0.368 e. The van der Waals surface area contributed by atoms with Crippen molar-refractivity contribution in [2.24, 2.45) is 11.5 Å². The number of primary amides is 2. The summed E-state index contributed by atoms with van der Waals surface area (Å²) in [4.78, 5) is 38.6. The molecule has 4 N–H and O–H groups in total. The minimum absolute atomic E-state index is 0.277. The van der Waals surface area contributed by atoms with Crippen LogP contribution in [0.4, 0.5) is 0 Å². The third kappa shape index (κ3) is 4.13. The van der Waals surface area contributed by atoms with Crippen molar-refractivity contribution in [2.75, 3.05) is 13.1 Å². The molecule has 0 aliphatic heterocycles. The lowest BCUT2D eigenvalue weighted by atomic mass is 10.2. The Bertz CT molecular complexity index is 476. The van der Waals surface area contributed by atoms with Crippen LogP contribution < -0.4 is 11.5 Å². The Hall–Kier alpha value is -1.96. The van der Waals surface area contributed by atoms with Crippen molar-refractivity contribution in [3.05, 3.63) is 28.5 Å². The van der Waals surface area contributed by atoms with Crippen LogP contribution in [0.2, 0.25) is 0 Å². The molecular weight excluding hydrogens is 304 g/mol. The molecule has 8 heteroatoms. The number of pyridine rings is 1. The molecule has 1 aromatic heterocycles. The topological polar surface area (TPSA) is 119 Å². The highest BCUT2D eigenvalue weighted by Crippen LogP contribution is 2.10. The summed E-state index contributed by atoms with van der Waals surface area (Å²) in [5.74, 6) is -1.97. The zero-order chi connectivity index (χ0) is 13.7. The van der Waals surface area contributed by atoms with Gasteiger partial charge in [0, 0.05) is 11.8 Å². The maximum absolute atomic E-state index is 12.0. The first-order valence-electron chi connectivity index (χ1n) is 4.87. The molecule has 96 valence electrons. The zero-order valence-corrected chi connectivity index (χ0v) is 10.9. The van der Waals surface area contributed by atoms with Gasteiger partial charge in [-0.15, -0.1) is 0 Å². The molecule has 0 spiro atoms. The van der Waals surface area contributed by atoms with Gasteiger partial charge in [-0.25, -0.2) is 4.98 Å². The van der Waals surface area contributed by atoms with Crippen molar-refractivity contribution in [2.45, 2.75) is 0 Å². The van der Waals surface area contributed by atoms with Crippen LogP contribution in [0.5, 0.6) is 0 Å². The highest BCUT2D eigenvalue weighted by Gasteiger charge is 2.19. The minimum atomic E-state index is -0.724. The number of amides is 3. The molecule has 0 aliphatic carbocycles. The maximum atomic E-state index is 12.0. The number of rotatable bonds is 5. The van der Waals surface area contributed by atoms with Crippen LogP contribution in [-0.4, -0.2) is 40.7 Å². The summed E-state index contributed by atoms with van der Waals surface area (Å²) in [6, 6.07) is 2.93. The second-order valence-electron chi connectivity index (χ2n) is 3.46. The predicted molar refractivity (Wildman–Crippen MR) is 66.2 cm³/mol. The Morgan fingerprint density at radius 2 is 1.78 bits per heavy atom. The van der Waals surface area contributed by atoms with Crippen LogP contribution in [0, 0.1) is 0 Å². The summed E-state index contributed by atoms with van der Waals surface area (Å²) in [6.07, 6.45) is 1.42. The van der Waals surface area contributed by atoms with Gasteiger partial charge in [-0.2, -0.15) is 0 Å². The Kier molecular flexibility index (Phi) is 4.78. The zero-order valence-electron chi connectivity index (χ0n) is 9.30. The molecule has 18 heavy (non-hydrogen) atoms. The Morgan fingerprint density at radius 3 is 2.22 bits per heavy atom. The molecule has 3 amide bonds. The molecule has 0 radical (unpaired) electrons. The SMILES string of the molecule is NC(=O)CN(CC(N)=O)C(=O)c1ccnc(Br)c1. The van der Waals surface area contributed by atoms with Gasteiger partial charge in [0.05, 0.1) is 0 Å². The van der Waals surface area contributed by atoms with Gasteiger partial charge in [0.1, 0.15) is 17.7 Å². The van der Waals surface area contributed by atoms with Gasteiger partial charge in [0.2, 0.25) is 11.8 Å². The number of aromatic nitrogens is 1. The first-order chi connectivity index (χ1) is 8.40. The Balaban J connectivity index is 2.94. The van der Waals surface area contributed by atoms with Crippen molar-refractivity contribution < 1.29 is 14.4 Å². The van der Waals surface area contributed by atoms with Gasteiger partial charge in [-0.3, -0.25) is 14.4 Å². The van der Waals surface area contributed by atoms with E-state index in [9.17, 15) is 14.4 Å². The molecule has 0 fully saturated rings. The second kappa shape index (κ2) is 6.10. The summed E-state index contributed by atoms with van der Waals surface area (Å²) in [5.41, 5.74) is 10.3. The Labute approximate surface area is 111 Å². The molecule has 1 heterocycles. The van der Waals surface area contributed by atoms with E-state index in [1.165, 1.54) is 18.3 Å². The summed E-state index contributed by atoms with van der Waals surface area (Å²) in [6.45, 7) is -0.747. The van der Waals surface area contributed by atoms with Crippen LogP contribution >= 0.6 is 15.9 Å². The lowest BCUT2D eigenvalue weighted by molar-refractivity contribution is -0.121. The molecule has 1 aromatic rings. The average molecular weight is 315 g/mol. The van der Waals surface area contributed by atoms with Crippen LogP contribution in [0.15, 0.2) is 22.9 Å². The molecule has 0 aliphatic rings. The first kappa shape index (κ1) is 14.1. The molecule has 0 unspecified atom stereocenters. The molecule has 0 saturated carbocycles. The third-order valence-electron chi connectivity index (χ3n) is 1.95. The van der Waals surface area contributed by atoms with Gasteiger partial charge < -0.3 is 16.4 Å². The van der Waals surface area contributed by atoms with E-state index in [2.05, 4.69) is 20.9 Å². The number of nitrogens with zero attached hydrogens (tertiary/aromatic N) is 2. The number of nitrogens with two attached hydrogens (primary N) is 2. The van der Waals surface area contributed by atoms with Crippen LogP contribution in [0.25, 0.3) is 0 Å². The van der Waals surface area contributed by atoms with Crippen molar-refractivity contribution in [1.82, 2.24) is 9.88 Å². The number of hydrogen-bond acceptors (Lipinski definition) is 4. The third-order valence-corrected chi connectivity index (χ3v) is 2.39. The number of hydrogen-bond donors (Lipinski definition) is 2. The fourth-order valence-corrected chi connectivity index (χ4v) is 1.66. The second-order valence-corrected chi connectivity index (χ2v) is 4.27. The van der Waals surface area contributed by atoms with Gasteiger partial charge in [-0.1, -0.05) is 0 Å². The number of carbonyl (C=O) groups excluding carboxylic acids is 3. The molecular formula is C10H11BrN4O3. The van der Waals surface area contributed by atoms with Crippen LogP contribution in [0.1, 0.15) is 10.4 Å². The summed E-state index contributed by atoms with van der Waals surface area (Å²) >= 11 is 3.12. The monoisotopic (exact) mass is 314 g/mol. The summed E-state index contributed by atoms with van der Waals surface area (Å²) in [7, 11) is 0. The molecule has 0 aromatic carbocycles. The van der Waals surface area contributed by atoms with E-state index in [1.807, 2.05) is 0 Å².